The van der Waals surface area contributed by atoms with Crippen LogP contribution in [0.15, 0.2) is 24.5 Å². The van der Waals surface area contributed by atoms with Crippen LogP contribution >= 0.6 is 0 Å². The first-order chi connectivity index (χ1) is 11.9. The van der Waals surface area contributed by atoms with Crippen molar-refractivity contribution in [2.24, 2.45) is 17.8 Å². The number of piperidine rings is 2. The molecule has 4 rings (SSSR count). The monoisotopic (exact) mass is 329 g/mol. The zero-order valence-corrected chi connectivity index (χ0v) is 14.8. The fourth-order valence-electron chi connectivity index (χ4n) is 4.66. The van der Waals surface area contributed by atoms with Crippen molar-refractivity contribution >= 4 is 0 Å². The van der Waals surface area contributed by atoms with Gasteiger partial charge in [0.25, 0.3) is 0 Å². The Kier molecular flexibility index (Phi) is 5.46. The molecular formula is C20H31N3O. The number of pyridine rings is 1. The highest BCUT2D eigenvalue weighted by atomic mass is 16.5. The zero-order valence-electron chi connectivity index (χ0n) is 14.8. The van der Waals surface area contributed by atoms with Gasteiger partial charge in [0.2, 0.25) is 0 Å². The summed E-state index contributed by atoms with van der Waals surface area (Å²) in [5.74, 6) is 2.62. The number of nitrogens with zero attached hydrogens (tertiary/aromatic N) is 3. The second kappa shape index (κ2) is 7.94. The second-order valence-corrected chi connectivity index (χ2v) is 7.88. The molecule has 1 unspecified atom stereocenters. The van der Waals surface area contributed by atoms with Gasteiger partial charge in [0.15, 0.2) is 0 Å². The molecule has 132 valence electrons. The number of rotatable bonds is 8. The quantitative estimate of drug-likeness (QED) is 0.686. The van der Waals surface area contributed by atoms with E-state index < -0.39 is 0 Å². The molecule has 1 aromatic heterocycles. The fraction of sp³-hybridized carbons (Fsp3) is 0.750. The maximum Gasteiger partial charge on any atom is 0.0500 e. The molecule has 3 aliphatic rings. The third kappa shape index (κ3) is 4.16. The Morgan fingerprint density at radius 3 is 2.67 bits per heavy atom. The number of aromatic nitrogens is 1. The Hall–Kier alpha value is -0.970. The van der Waals surface area contributed by atoms with Gasteiger partial charge >= 0.3 is 0 Å². The van der Waals surface area contributed by atoms with E-state index in [9.17, 15) is 0 Å². The van der Waals surface area contributed by atoms with Gasteiger partial charge in [-0.25, -0.2) is 0 Å². The Morgan fingerprint density at radius 1 is 1.08 bits per heavy atom. The molecule has 4 nitrogen and oxygen atoms in total. The van der Waals surface area contributed by atoms with Gasteiger partial charge in [0, 0.05) is 45.2 Å². The van der Waals surface area contributed by atoms with Crippen LogP contribution in [-0.4, -0.2) is 60.7 Å². The largest absolute Gasteiger partial charge is 0.381 e. The van der Waals surface area contributed by atoms with E-state index in [0.717, 1.165) is 37.5 Å². The highest BCUT2D eigenvalue weighted by molar-refractivity contribution is 5.11. The molecule has 0 bridgehead atoms. The van der Waals surface area contributed by atoms with E-state index in [1.165, 1.54) is 64.0 Å². The summed E-state index contributed by atoms with van der Waals surface area (Å²) in [4.78, 5) is 9.40. The molecule has 3 heterocycles. The van der Waals surface area contributed by atoms with Gasteiger partial charge in [-0.3, -0.25) is 9.88 Å². The van der Waals surface area contributed by atoms with Crippen LogP contribution < -0.4 is 0 Å². The lowest BCUT2D eigenvalue weighted by molar-refractivity contribution is 0.0967. The summed E-state index contributed by atoms with van der Waals surface area (Å²) in [6, 6.07) is 4.21. The molecule has 1 saturated carbocycles. The lowest BCUT2D eigenvalue weighted by Crippen LogP contribution is -2.31. The molecule has 2 aliphatic heterocycles. The van der Waals surface area contributed by atoms with E-state index in [0.29, 0.717) is 0 Å². The highest BCUT2D eigenvalue weighted by Crippen LogP contribution is 2.51. The van der Waals surface area contributed by atoms with Crippen LogP contribution in [0.4, 0.5) is 0 Å². The van der Waals surface area contributed by atoms with Gasteiger partial charge in [-0.05, 0) is 61.7 Å². The summed E-state index contributed by atoms with van der Waals surface area (Å²) in [6.45, 7) is 9.35. The molecular weight excluding hydrogens is 298 g/mol. The van der Waals surface area contributed by atoms with Crippen molar-refractivity contribution in [3.05, 3.63) is 30.1 Å². The number of hydrogen-bond acceptors (Lipinski definition) is 4. The summed E-state index contributed by atoms with van der Waals surface area (Å²) in [6.07, 6.45) is 9.25. The molecule has 0 radical (unpaired) electrons. The van der Waals surface area contributed by atoms with Crippen molar-refractivity contribution < 1.29 is 4.74 Å². The second-order valence-electron chi connectivity index (χ2n) is 7.88. The van der Waals surface area contributed by atoms with E-state index >= 15 is 0 Å². The van der Waals surface area contributed by atoms with Crippen molar-refractivity contribution in [1.82, 2.24) is 14.8 Å². The van der Waals surface area contributed by atoms with Crippen molar-refractivity contribution in [1.29, 1.82) is 0 Å². The number of ether oxygens (including phenoxy) is 1. The van der Waals surface area contributed by atoms with Crippen LogP contribution in [0.2, 0.25) is 0 Å². The third-order valence-corrected chi connectivity index (χ3v) is 6.10. The van der Waals surface area contributed by atoms with Crippen LogP contribution in [-0.2, 0) is 11.3 Å². The predicted molar refractivity (Wildman–Crippen MR) is 95.7 cm³/mol. The lowest BCUT2D eigenvalue weighted by atomic mass is 10.1. The Balaban J connectivity index is 1.06. The molecule has 1 aliphatic carbocycles. The highest BCUT2D eigenvalue weighted by Gasteiger charge is 2.55. The van der Waals surface area contributed by atoms with Crippen LogP contribution in [0.3, 0.4) is 0 Å². The van der Waals surface area contributed by atoms with Gasteiger partial charge in [-0.1, -0.05) is 12.5 Å². The lowest BCUT2D eigenvalue weighted by Gasteiger charge is -2.26. The minimum absolute atomic E-state index is 0.838. The fourth-order valence-corrected chi connectivity index (χ4v) is 4.66. The molecule has 0 N–H and O–H groups in total. The Bertz CT molecular complexity index is 491. The molecule has 0 aromatic carbocycles. The number of likely N-dealkylation sites (tertiary alicyclic amines) is 2. The molecule has 24 heavy (non-hydrogen) atoms. The molecule has 4 heteroatoms. The van der Waals surface area contributed by atoms with Gasteiger partial charge in [-0.2, -0.15) is 0 Å². The molecule has 1 aromatic rings. The number of fused-ring (bicyclic) bond motifs is 1. The first-order valence-electron chi connectivity index (χ1n) is 9.81. The van der Waals surface area contributed by atoms with E-state index in [2.05, 4.69) is 20.9 Å². The van der Waals surface area contributed by atoms with Crippen LogP contribution in [0, 0.1) is 17.8 Å². The molecule has 0 amide bonds. The van der Waals surface area contributed by atoms with Crippen LogP contribution in [0.1, 0.15) is 31.2 Å². The maximum absolute atomic E-state index is 5.98. The SMILES string of the molecule is c1cncc(CN2C[C@@H]3C(COCCCN4CCCCC4)[C@@H]3C2)c1. The minimum atomic E-state index is 0.838. The summed E-state index contributed by atoms with van der Waals surface area (Å²) in [5.41, 5.74) is 1.34. The minimum Gasteiger partial charge on any atom is -0.381 e. The van der Waals surface area contributed by atoms with Crippen LogP contribution in [0.25, 0.3) is 0 Å². The normalized spacial score (nSPS) is 30.4. The molecule has 3 fully saturated rings. The van der Waals surface area contributed by atoms with Gasteiger partial charge in [0.1, 0.15) is 0 Å². The van der Waals surface area contributed by atoms with Crippen LogP contribution in [0.5, 0.6) is 0 Å². The predicted octanol–water partition coefficient (Wildman–Crippen LogP) is 2.65. The van der Waals surface area contributed by atoms with Crippen molar-refractivity contribution in [3.8, 4) is 0 Å². The van der Waals surface area contributed by atoms with E-state index in [-0.39, 0.29) is 0 Å². The van der Waals surface area contributed by atoms with Gasteiger partial charge in [0.05, 0.1) is 6.61 Å². The van der Waals surface area contributed by atoms with Crippen molar-refractivity contribution in [2.75, 3.05) is 45.9 Å². The summed E-state index contributed by atoms with van der Waals surface area (Å²) in [5, 5.41) is 0. The summed E-state index contributed by atoms with van der Waals surface area (Å²) >= 11 is 0. The molecule has 0 spiro atoms. The molecule has 3 atom stereocenters. The zero-order chi connectivity index (χ0) is 16.2. The summed E-state index contributed by atoms with van der Waals surface area (Å²) < 4.78 is 5.98. The Labute approximate surface area is 146 Å². The maximum atomic E-state index is 5.98. The Morgan fingerprint density at radius 2 is 1.92 bits per heavy atom. The third-order valence-electron chi connectivity index (χ3n) is 6.10. The summed E-state index contributed by atoms with van der Waals surface area (Å²) in [7, 11) is 0. The topological polar surface area (TPSA) is 28.6 Å². The van der Waals surface area contributed by atoms with Gasteiger partial charge < -0.3 is 9.64 Å². The average Bonchev–Trinajstić information content (AvgIpc) is 3.08. The van der Waals surface area contributed by atoms with E-state index in [4.69, 9.17) is 4.74 Å². The van der Waals surface area contributed by atoms with Crippen molar-refractivity contribution in [3.63, 3.8) is 0 Å². The van der Waals surface area contributed by atoms with Crippen molar-refractivity contribution in [2.45, 2.75) is 32.2 Å². The smallest absolute Gasteiger partial charge is 0.0500 e. The van der Waals surface area contributed by atoms with Gasteiger partial charge in [-0.15, -0.1) is 0 Å². The number of hydrogen-bond donors (Lipinski definition) is 0. The van der Waals surface area contributed by atoms with E-state index in [1.54, 1.807) is 0 Å². The average molecular weight is 329 g/mol. The first-order valence-corrected chi connectivity index (χ1v) is 9.81. The molecule has 2 saturated heterocycles. The first kappa shape index (κ1) is 16.5. The standard InChI is InChI=1S/C20H31N3O/c1-2-8-22(9-3-1)10-5-11-24-16-20-18-14-23(15-19(18)20)13-17-6-4-7-21-12-17/h4,6-7,12,18-20H,1-3,5,8-11,13-16H2/t18-,19+,20?. The van der Waals surface area contributed by atoms with E-state index in [1.807, 2.05) is 18.5 Å².